The molecule has 0 saturated carbocycles. The van der Waals surface area contributed by atoms with Gasteiger partial charge in [0.25, 0.3) is 5.56 Å². The van der Waals surface area contributed by atoms with Crippen molar-refractivity contribution in [2.24, 2.45) is 0 Å². The summed E-state index contributed by atoms with van der Waals surface area (Å²) in [5.41, 5.74) is 5.12. The van der Waals surface area contributed by atoms with E-state index in [1.54, 1.807) is 0 Å². The van der Waals surface area contributed by atoms with Crippen LogP contribution in [0.2, 0.25) is 0 Å². The summed E-state index contributed by atoms with van der Waals surface area (Å²) in [5.74, 6) is 0.166. The Balaban J connectivity index is 2.61. The molecule has 0 atom stereocenters. The Kier molecular flexibility index (Phi) is 6.97. The first-order valence-electron chi connectivity index (χ1n) is 7.06. The Hall–Kier alpha value is -1.80. The lowest BCUT2D eigenvalue weighted by Gasteiger charge is -2.14. The predicted octanol–water partition coefficient (Wildman–Crippen LogP) is -0.481. The molecule has 120 valence electrons. The number of nitrogens with zero attached hydrogens (tertiary/aromatic N) is 2. The minimum atomic E-state index is -0.502. The molecule has 0 unspecified atom stereocenters. The summed E-state index contributed by atoms with van der Waals surface area (Å²) in [6.45, 7) is 4.77. The quantitative estimate of drug-likeness (QED) is 0.532. The molecule has 1 aromatic rings. The molecule has 8 heteroatoms. The normalized spacial score (nSPS) is 11.0. The standard InChI is InChI=1S/C13H25N5O3/c1-4-6-18-11(14)10(12(19)16-13(18)20)15-5-8-21-9-7-17(2)3/h15H,4-9,14H2,1-3H3,(H,16,19,20). The number of aromatic amines is 1. The molecule has 0 aliphatic heterocycles. The van der Waals surface area contributed by atoms with E-state index in [9.17, 15) is 9.59 Å². The summed E-state index contributed by atoms with van der Waals surface area (Å²) in [5, 5.41) is 2.93. The Morgan fingerprint density at radius 3 is 2.67 bits per heavy atom. The van der Waals surface area contributed by atoms with Crippen molar-refractivity contribution in [2.75, 3.05) is 51.4 Å². The Morgan fingerprint density at radius 2 is 2.05 bits per heavy atom. The van der Waals surface area contributed by atoms with Gasteiger partial charge in [0.15, 0.2) is 0 Å². The number of rotatable bonds is 9. The smallest absolute Gasteiger partial charge is 0.330 e. The van der Waals surface area contributed by atoms with Crippen LogP contribution in [-0.4, -0.2) is 54.8 Å². The Labute approximate surface area is 123 Å². The molecule has 0 amide bonds. The van der Waals surface area contributed by atoms with E-state index in [0.29, 0.717) is 26.3 Å². The zero-order valence-electron chi connectivity index (χ0n) is 12.9. The van der Waals surface area contributed by atoms with Crippen molar-refractivity contribution in [3.63, 3.8) is 0 Å². The van der Waals surface area contributed by atoms with Crippen LogP contribution in [0.5, 0.6) is 0 Å². The topological polar surface area (TPSA) is 105 Å². The van der Waals surface area contributed by atoms with Gasteiger partial charge in [0.05, 0.1) is 13.2 Å². The van der Waals surface area contributed by atoms with Gasteiger partial charge >= 0.3 is 5.69 Å². The molecule has 0 fully saturated rings. The number of aromatic nitrogens is 2. The Morgan fingerprint density at radius 1 is 1.33 bits per heavy atom. The van der Waals surface area contributed by atoms with E-state index in [0.717, 1.165) is 13.0 Å². The van der Waals surface area contributed by atoms with Gasteiger partial charge < -0.3 is 20.7 Å². The van der Waals surface area contributed by atoms with Crippen molar-refractivity contribution < 1.29 is 4.74 Å². The summed E-state index contributed by atoms with van der Waals surface area (Å²) < 4.78 is 6.78. The van der Waals surface area contributed by atoms with Crippen LogP contribution in [0, 0.1) is 0 Å². The maximum Gasteiger partial charge on any atom is 0.330 e. The highest BCUT2D eigenvalue weighted by atomic mass is 16.5. The molecular weight excluding hydrogens is 274 g/mol. The van der Waals surface area contributed by atoms with Crippen molar-refractivity contribution in [3.05, 3.63) is 20.8 Å². The number of anilines is 2. The van der Waals surface area contributed by atoms with Crippen molar-refractivity contribution in [1.82, 2.24) is 14.5 Å². The Bertz CT molecular complexity index is 550. The van der Waals surface area contributed by atoms with Crippen molar-refractivity contribution in [2.45, 2.75) is 19.9 Å². The van der Waals surface area contributed by atoms with Crippen LogP contribution in [0.3, 0.4) is 0 Å². The largest absolute Gasteiger partial charge is 0.383 e. The highest BCUT2D eigenvalue weighted by molar-refractivity contribution is 5.60. The van der Waals surface area contributed by atoms with Gasteiger partial charge in [-0.05, 0) is 20.5 Å². The van der Waals surface area contributed by atoms with Gasteiger partial charge in [-0.1, -0.05) is 6.92 Å². The van der Waals surface area contributed by atoms with Gasteiger partial charge in [-0.25, -0.2) is 4.79 Å². The number of likely N-dealkylation sites (N-methyl/N-ethyl adjacent to an activating group) is 1. The molecule has 21 heavy (non-hydrogen) atoms. The summed E-state index contributed by atoms with van der Waals surface area (Å²) in [7, 11) is 3.94. The lowest BCUT2D eigenvalue weighted by molar-refractivity contribution is 0.126. The second-order valence-corrected chi connectivity index (χ2v) is 5.01. The zero-order valence-corrected chi connectivity index (χ0v) is 12.9. The highest BCUT2D eigenvalue weighted by Gasteiger charge is 2.11. The molecule has 0 spiro atoms. The maximum absolute atomic E-state index is 11.8. The molecule has 0 aromatic carbocycles. The third kappa shape index (κ3) is 5.24. The molecule has 1 aromatic heterocycles. The van der Waals surface area contributed by atoms with Crippen LogP contribution in [0.15, 0.2) is 9.59 Å². The monoisotopic (exact) mass is 299 g/mol. The van der Waals surface area contributed by atoms with E-state index >= 15 is 0 Å². The molecule has 0 saturated heterocycles. The molecule has 0 aliphatic carbocycles. The molecule has 8 nitrogen and oxygen atoms in total. The second kappa shape index (κ2) is 8.48. The van der Waals surface area contributed by atoms with Gasteiger partial charge in [0.2, 0.25) is 0 Å². The molecule has 1 rings (SSSR count). The number of H-pyrrole nitrogens is 1. The lowest BCUT2D eigenvalue weighted by atomic mass is 10.4. The second-order valence-electron chi connectivity index (χ2n) is 5.01. The first-order valence-corrected chi connectivity index (χ1v) is 7.06. The van der Waals surface area contributed by atoms with Crippen LogP contribution >= 0.6 is 0 Å². The summed E-state index contributed by atoms with van der Waals surface area (Å²) in [4.78, 5) is 27.7. The van der Waals surface area contributed by atoms with Crippen molar-refractivity contribution >= 4 is 11.5 Å². The van der Waals surface area contributed by atoms with Gasteiger partial charge in [-0.15, -0.1) is 0 Å². The van der Waals surface area contributed by atoms with E-state index < -0.39 is 11.2 Å². The molecule has 0 aliphatic rings. The lowest BCUT2D eigenvalue weighted by Crippen LogP contribution is -2.34. The minimum absolute atomic E-state index is 0.166. The van der Waals surface area contributed by atoms with Crippen molar-refractivity contribution in [1.29, 1.82) is 0 Å². The average molecular weight is 299 g/mol. The number of hydrogen-bond acceptors (Lipinski definition) is 6. The minimum Gasteiger partial charge on any atom is -0.383 e. The van der Waals surface area contributed by atoms with E-state index in [1.807, 2.05) is 25.9 Å². The van der Waals surface area contributed by atoms with Crippen LogP contribution in [0.4, 0.5) is 11.5 Å². The molecule has 1 heterocycles. The first kappa shape index (κ1) is 17.3. The highest BCUT2D eigenvalue weighted by Crippen LogP contribution is 2.09. The van der Waals surface area contributed by atoms with Gasteiger partial charge in [0.1, 0.15) is 11.5 Å². The van der Waals surface area contributed by atoms with Crippen LogP contribution in [0.25, 0.3) is 0 Å². The first-order chi connectivity index (χ1) is 9.97. The zero-order chi connectivity index (χ0) is 15.8. The fourth-order valence-electron chi connectivity index (χ4n) is 1.80. The summed E-state index contributed by atoms with van der Waals surface area (Å²) >= 11 is 0. The maximum atomic E-state index is 11.8. The predicted molar refractivity (Wildman–Crippen MR) is 83.9 cm³/mol. The van der Waals surface area contributed by atoms with Gasteiger partial charge in [-0.2, -0.15) is 0 Å². The van der Waals surface area contributed by atoms with E-state index in [4.69, 9.17) is 10.5 Å². The van der Waals surface area contributed by atoms with Crippen LogP contribution in [0.1, 0.15) is 13.3 Å². The van der Waals surface area contributed by atoms with Gasteiger partial charge in [0, 0.05) is 19.6 Å². The van der Waals surface area contributed by atoms with E-state index in [2.05, 4.69) is 10.3 Å². The van der Waals surface area contributed by atoms with Gasteiger partial charge in [-0.3, -0.25) is 14.3 Å². The summed E-state index contributed by atoms with van der Waals surface area (Å²) in [6.07, 6.45) is 0.753. The van der Waals surface area contributed by atoms with Crippen LogP contribution < -0.4 is 22.3 Å². The van der Waals surface area contributed by atoms with E-state index in [1.165, 1.54) is 4.57 Å². The fraction of sp³-hybridized carbons (Fsp3) is 0.692. The number of nitrogens with one attached hydrogen (secondary N) is 2. The number of hydrogen-bond donors (Lipinski definition) is 3. The number of nitrogen functional groups attached to an aromatic ring is 1. The summed E-state index contributed by atoms with van der Waals surface area (Å²) in [6, 6.07) is 0. The number of nitrogens with two attached hydrogens (primary N) is 1. The molecular formula is C13H25N5O3. The van der Waals surface area contributed by atoms with Crippen LogP contribution in [-0.2, 0) is 11.3 Å². The molecule has 0 bridgehead atoms. The SMILES string of the molecule is CCCn1c(N)c(NCCOCCN(C)C)c(=O)[nH]c1=O. The number of ether oxygens (including phenoxy) is 1. The van der Waals surface area contributed by atoms with Crippen molar-refractivity contribution in [3.8, 4) is 0 Å². The average Bonchev–Trinajstić information content (AvgIpc) is 2.41. The fourth-order valence-corrected chi connectivity index (χ4v) is 1.80. The molecule has 0 radical (unpaired) electrons. The molecule has 4 N–H and O–H groups in total. The third-order valence-corrected chi connectivity index (χ3v) is 2.92. The van der Waals surface area contributed by atoms with E-state index in [-0.39, 0.29) is 11.5 Å². The third-order valence-electron chi connectivity index (χ3n) is 2.92.